The van der Waals surface area contributed by atoms with Crippen LogP contribution in [0.1, 0.15) is 6.92 Å². The van der Waals surface area contributed by atoms with Crippen LogP contribution in [-0.4, -0.2) is 52.0 Å². The predicted molar refractivity (Wildman–Crippen MR) is 50.1 cm³/mol. The number of Topliss-reactive ketones (excluding diaryl/α,β-unsaturated/α-hetero) is 1. The Morgan fingerprint density at radius 2 is 2.19 bits per heavy atom. The molecule has 1 amide bonds. The van der Waals surface area contributed by atoms with Crippen molar-refractivity contribution in [2.45, 2.75) is 18.5 Å². The zero-order valence-corrected chi connectivity index (χ0v) is 8.88. The van der Waals surface area contributed by atoms with Gasteiger partial charge in [0, 0.05) is 0 Å². The SMILES string of the molecule is CC(=O)C1(N)C(=O)N(S(=O)(=O)O)C1C=NO. The molecule has 1 fully saturated rings. The number of nitrogens with zero attached hydrogens (tertiary/aromatic N) is 2. The third kappa shape index (κ3) is 1.47. The van der Waals surface area contributed by atoms with Gasteiger partial charge in [-0.15, -0.1) is 0 Å². The van der Waals surface area contributed by atoms with Crippen molar-refractivity contribution >= 4 is 28.2 Å². The number of carbonyl (C=O) groups is 2. The topological polar surface area (TPSA) is 150 Å². The Bertz CT molecular complexity index is 471. The maximum Gasteiger partial charge on any atom is 0.362 e. The average Bonchev–Trinajstić information content (AvgIpc) is 2.13. The Morgan fingerprint density at radius 3 is 2.50 bits per heavy atom. The Balaban J connectivity index is 3.23. The van der Waals surface area contributed by atoms with Gasteiger partial charge in [0.15, 0.2) is 11.3 Å². The lowest BCUT2D eigenvalue weighted by atomic mass is 9.79. The Hall–Kier alpha value is -1.52. The summed E-state index contributed by atoms with van der Waals surface area (Å²) in [5.41, 5.74) is 3.26. The lowest BCUT2D eigenvalue weighted by Gasteiger charge is -2.47. The summed E-state index contributed by atoms with van der Waals surface area (Å²) < 4.78 is 30.2. The summed E-state index contributed by atoms with van der Waals surface area (Å²) in [5, 5.41) is 10.8. The normalized spacial score (nSPS) is 30.6. The number of nitrogens with two attached hydrogens (primary N) is 1. The van der Waals surface area contributed by atoms with E-state index in [9.17, 15) is 18.0 Å². The van der Waals surface area contributed by atoms with E-state index in [1.165, 1.54) is 0 Å². The maximum absolute atomic E-state index is 11.4. The maximum atomic E-state index is 11.4. The van der Waals surface area contributed by atoms with E-state index in [1.54, 1.807) is 0 Å². The average molecular weight is 251 g/mol. The molecule has 0 aromatic rings. The van der Waals surface area contributed by atoms with Gasteiger partial charge in [0.2, 0.25) is 0 Å². The fourth-order valence-corrected chi connectivity index (χ4v) is 2.27. The highest BCUT2D eigenvalue weighted by Gasteiger charge is 2.65. The number of rotatable bonds is 3. The molecule has 4 N–H and O–H groups in total. The zero-order chi connectivity index (χ0) is 12.7. The predicted octanol–water partition coefficient (Wildman–Crippen LogP) is -2.25. The van der Waals surface area contributed by atoms with E-state index >= 15 is 0 Å². The smallest absolute Gasteiger partial charge is 0.362 e. The molecule has 0 spiro atoms. The molecule has 2 unspecified atom stereocenters. The van der Waals surface area contributed by atoms with Crippen molar-refractivity contribution in [3.05, 3.63) is 0 Å². The number of β-lactam (4-membered cyclic amide) rings is 1. The minimum absolute atomic E-state index is 0.0336. The molecule has 0 aromatic carbocycles. The molecule has 16 heavy (non-hydrogen) atoms. The van der Waals surface area contributed by atoms with Crippen LogP contribution in [0.2, 0.25) is 0 Å². The Kier molecular flexibility index (Phi) is 2.75. The molecule has 1 heterocycles. The largest absolute Gasteiger partial charge is 0.411 e. The third-order valence-electron chi connectivity index (χ3n) is 2.31. The minimum Gasteiger partial charge on any atom is -0.411 e. The molecule has 9 nitrogen and oxygen atoms in total. The molecule has 0 saturated carbocycles. The first-order chi connectivity index (χ1) is 7.17. The highest BCUT2D eigenvalue weighted by Crippen LogP contribution is 2.31. The molecule has 0 aliphatic carbocycles. The molecule has 1 saturated heterocycles. The first-order valence-corrected chi connectivity index (χ1v) is 5.35. The summed E-state index contributed by atoms with van der Waals surface area (Å²) >= 11 is 0. The van der Waals surface area contributed by atoms with Crippen LogP contribution < -0.4 is 5.73 Å². The van der Waals surface area contributed by atoms with Gasteiger partial charge in [-0.2, -0.15) is 8.42 Å². The molecule has 10 heteroatoms. The van der Waals surface area contributed by atoms with Crippen molar-refractivity contribution in [3.8, 4) is 0 Å². The van der Waals surface area contributed by atoms with Crippen LogP contribution in [0.4, 0.5) is 0 Å². The van der Waals surface area contributed by atoms with Crippen LogP contribution in [0.3, 0.4) is 0 Å². The van der Waals surface area contributed by atoms with E-state index < -0.39 is 33.6 Å². The van der Waals surface area contributed by atoms with Gasteiger partial charge in [0.05, 0.1) is 6.21 Å². The van der Waals surface area contributed by atoms with Crippen molar-refractivity contribution in [1.82, 2.24) is 4.31 Å². The molecule has 1 aliphatic heterocycles. The molecule has 1 aliphatic rings. The summed E-state index contributed by atoms with van der Waals surface area (Å²) in [6.45, 7) is 0.984. The molecule has 2 atom stereocenters. The number of ketones is 1. The fourth-order valence-electron chi connectivity index (χ4n) is 1.40. The quantitative estimate of drug-likeness (QED) is 0.128. The highest BCUT2D eigenvalue weighted by molar-refractivity contribution is 7.84. The summed E-state index contributed by atoms with van der Waals surface area (Å²) in [5.74, 6) is -2.07. The van der Waals surface area contributed by atoms with Crippen molar-refractivity contribution in [2.24, 2.45) is 10.9 Å². The highest BCUT2D eigenvalue weighted by atomic mass is 32.2. The van der Waals surface area contributed by atoms with E-state index in [0.717, 1.165) is 6.92 Å². The van der Waals surface area contributed by atoms with Crippen molar-refractivity contribution in [3.63, 3.8) is 0 Å². The second-order valence-corrected chi connectivity index (χ2v) is 4.50. The van der Waals surface area contributed by atoms with E-state index in [4.69, 9.17) is 15.5 Å². The van der Waals surface area contributed by atoms with Gasteiger partial charge in [-0.25, -0.2) is 4.31 Å². The Labute approximate surface area is 90.4 Å². The van der Waals surface area contributed by atoms with Crippen LogP contribution in [0, 0.1) is 0 Å². The minimum atomic E-state index is -4.84. The lowest BCUT2D eigenvalue weighted by Crippen LogP contribution is -2.82. The van der Waals surface area contributed by atoms with Gasteiger partial charge in [-0.1, -0.05) is 5.16 Å². The van der Waals surface area contributed by atoms with E-state index in [0.29, 0.717) is 6.21 Å². The van der Waals surface area contributed by atoms with Crippen LogP contribution in [0.15, 0.2) is 5.16 Å². The molecule has 0 radical (unpaired) electrons. The number of carbonyl (C=O) groups excluding carboxylic acids is 2. The number of oxime groups is 1. The second kappa shape index (κ2) is 3.50. The van der Waals surface area contributed by atoms with Gasteiger partial charge in [0.25, 0.3) is 5.91 Å². The molecular formula is C6H9N3O6S. The molecule has 0 aromatic heterocycles. The number of hydrogen-bond acceptors (Lipinski definition) is 7. The molecule has 1 rings (SSSR count). The Morgan fingerprint density at radius 1 is 1.69 bits per heavy atom. The fraction of sp³-hybridized carbons (Fsp3) is 0.500. The second-order valence-electron chi connectivity index (χ2n) is 3.21. The molecule has 0 bridgehead atoms. The van der Waals surface area contributed by atoms with E-state index in [-0.39, 0.29) is 4.31 Å². The van der Waals surface area contributed by atoms with Crippen LogP contribution in [0.25, 0.3) is 0 Å². The van der Waals surface area contributed by atoms with Gasteiger partial charge in [-0.05, 0) is 6.92 Å². The summed E-state index contributed by atoms with van der Waals surface area (Å²) in [4.78, 5) is 22.5. The third-order valence-corrected chi connectivity index (χ3v) is 3.20. The first-order valence-electron chi connectivity index (χ1n) is 3.96. The van der Waals surface area contributed by atoms with Crippen LogP contribution in [-0.2, 0) is 19.9 Å². The summed E-state index contributed by atoms with van der Waals surface area (Å²) in [6.07, 6.45) is 0.580. The van der Waals surface area contributed by atoms with Crippen molar-refractivity contribution in [2.75, 3.05) is 0 Å². The molecule has 90 valence electrons. The van der Waals surface area contributed by atoms with Crippen molar-refractivity contribution < 1.29 is 27.8 Å². The standard InChI is InChI=1S/C6H9N3O6S/c1-3(10)6(7)4(2-8-12)9(5(6)11)16(13,14)15/h2,4,12H,7H2,1H3,(H,13,14,15). The van der Waals surface area contributed by atoms with Gasteiger partial charge >= 0.3 is 10.3 Å². The lowest BCUT2D eigenvalue weighted by molar-refractivity contribution is -0.152. The van der Waals surface area contributed by atoms with E-state index in [1.807, 2.05) is 0 Å². The zero-order valence-electron chi connectivity index (χ0n) is 8.06. The van der Waals surface area contributed by atoms with Gasteiger partial charge in [-0.3, -0.25) is 14.1 Å². The number of amides is 1. The van der Waals surface area contributed by atoms with E-state index in [2.05, 4.69) is 5.16 Å². The van der Waals surface area contributed by atoms with Gasteiger partial charge < -0.3 is 10.9 Å². The van der Waals surface area contributed by atoms with Crippen LogP contribution >= 0.6 is 0 Å². The number of hydrogen-bond donors (Lipinski definition) is 3. The first kappa shape index (κ1) is 12.5. The summed E-state index contributed by atoms with van der Waals surface area (Å²) in [6, 6.07) is -1.53. The summed E-state index contributed by atoms with van der Waals surface area (Å²) in [7, 11) is -4.84. The molecular weight excluding hydrogens is 242 g/mol. The van der Waals surface area contributed by atoms with Crippen LogP contribution in [0.5, 0.6) is 0 Å². The van der Waals surface area contributed by atoms with Gasteiger partial charge in [0.1, 0.15) is 6.04 Å². The monoisotopic (exact) mass is 251 g/mol. The van der Waals surface area contributed by atoms with Crippen molar-refractivity contribution in [1.29, 1.82) is 0 Å².